The highest BCUT2D eigenvalue weighted by Crippen LogP contribution is 2.34. The van der Waals surface area contributed by atoms with Crippen LogP contribution in [0.5, 0.6) is 17.2 Å². The third kappa shape index (κ3) is 3.76. The van der Waals surface area contributed by atoms with E-state index in [1.807, 2.05) is 25.1 Å². The summed E-state index contributed by atoms with van der Waals surface area (Å²) in [6, 6.07) is 12.2. The van der Waals surface area contributed by atoms with E-state index in [9.17, 15) is 0 Å². The molecule has 0 saturated carbocycles. The van der Waals surface area contributed by atoms with Gasteiger partial charge in [-0.2, -0.15) is 0 Å². The van der Waals surface area contributed by atoms with Gasteiger partial charge >= 0.3 is 0 Å². The molecule has 2 rings (SSSR count). The predicted molar refractivity (Wildman–Crippen MR) is 86.4 cm³/mol. The number of rotatable bonds is 6. The molecule has 2 aromatic rings. The zero-order valence-corrected chi connectivity index (χ0v) is 13.0. The molecule has 0 unspecified atom stereocenters. The lowest BCUT2D eigenvalue weighted by Gasteiger charge is -2.14. The lowest BCUT2D eigenvalue weighted by molar-refractivity contribution is 0.377. The third-order valence-electron chi connectivity index (χ3n) is 3.53. The van der Waals surface area contributed by atoms with E-state index in [0.717, 1.165) is 35.7 Å². The molecule has 0 aliphatic rings. The van der Waals surface area contributed by atoms with Gasteiger partial charge in [-0.1, -0.05) is 25.1 Å². The van der Waals surface area contributed by atoms with Crippen LogP contribution in [0.25, 0.3) is 0 Å². The summed E-state index contributed by atoms with van der Waals surface area (Å²) >= 11 is 0. The van der Waals surface area contributed by atoms with Gasteiger partial charge in [0, 0.05) is 0 Å². The maximum absolute atomic E-state index is 6.01. The monoisotopic (exact) mass is 285 g/mol. The molecule has 112 valence electrons. The zero-order valence-electron chi connectivity index (χ0n) is 13.0. The molecule has 0 amide bonds. The zero-order chi connectivity index (χ0) is 15.2. The van der Waals surface area contributed by atoms with Crippen molar-refractivity contribution in [1.29, 1.82) is 0 Å². The Morgan fingerprint density at radius 1 is 0.952 bits per heavy atom. The third-order valence-corrected chi connectivity index (χ3v) is 3.53. The van der Waals surface area contributed by atoms with Crippen LogP contribution in [0.1, 0.15) is 23.6 Å². The Kier molecular flexibility index (Phi) is 5.23. The van der Waals surface area contributed by atoms with Crippen molar-refractivity contribution in [3.8, 4) is 17.2 Å². The van der Waals surface area contributed by atoms with Gasteiger partial charge in [0.25, 0.3) is 0 Å². The van der Waals surface area contributed by atoms with E-state index in [2.05, 4.69) is 25.1 Å². The molecule has 0 heterocycles. The Bertz CT molecular complexity index is 608. The molecular formula is C18H23NO2. The Hall–Kier alpha value is -2.00. The molecule has 3 nitrogen and oxygen atoms in total. The number of hydrogen-bond donors (Lipinski definition) is 1. The van der Waals surface area contributed by atoms with Crippen molar-refractivity contribution in [3.63, 3.8) is 0 Å². The smallest absolute Gasteiger partial charge is 0.169 e. The number of nitrogens with two attached hydrogens (primary N) is 1. The maximum Gasteiger partial charge on any atom is 0.169 e. The van der Waals surface area contributed by atoms with Crippen molar-refractivity contribution in [3.05, 3.63) is 53.1 Å². The largest absolute Gasteiger partial charge is 0.493 e. The molecule has 0 aliphatic carbocycles. The van der Waals surface area contributed by atoms with Crippen LogP contribution in [-0.2, 0) is 12.8 Å². The van der Waals surface area contributed by atoms with E-state index >= 15 is 0 Å². The summed E-state index contributed by atoms with van der Waals surface area (Å²) in [6.07, 6.45) is 1.86. The Morgan fingerprint density at radius 3 is 2.29 bits per heavy atom. The van der Waals surface area contributed by atoms with E-state index < -0.39 is 0 Å². The van der Waals surface area contributed by atoms with E-state index in [1.54, 1.807) is 7.11 Å². The summed E-state index contributed by atoms with van der Waals surface area (Å²) in [5, 5.41) is 0. The van der Waals surface area contributed by atoms with Gasteiger partial charge in [0.2, 0.25) is 0 Å². The van der Waals surface area contributed by atoms with Crippen LogP contribution in [0.15, 0.2) is 36.4 Å². The molecule has 0 aliphatic heterocycles. The Morgan fingerprint density at radius 2 is 1.67 bits per heavy atom. The van der Waals surface area contributed by atoms with Crippen LogP contribution in [0.3, 0.4) is 0 Å². The van der Waals surface area contributed by atoms with Crippen LogP contribution in [0.4, 0.5) is 0 Å². The van der Waals surface area contributed by atoms with Crippen molar-refractivity contribution >= 4 is 0 Å². The van der Waals surface area contributed by atoms with Gasteiger partial charge < -0.3 is 15.2 Å². The second-order valence-corrected chi connectivity index (χ2v) is 5.08. The standard InChI is InChI=1S/C18H23NO2/c1-4-14-5-8-17(18(12-14)20-3)21-16-7-6-15(9-10-19)11-13(16)2/h5-8,11-12H,4,9-10,19H2,1-3H3. The SMILES string of the molecule is CCc1ccc(Oc2ccc(CCN)cc2C)c(OC)c1. The van der Waals surface area contributed by atoms with Gasteiger partial charge in [0.15, 0.2) is 11.5 Å². The summed E-state index contributed by atoms with van der Waals surface area (Å²) < 4.78 is 11.4. The van der Waals surface area contributed by atoms with Crippen molar-refractivity contribution in [2.45, 2.75) is 26.7 Å². The number of methoxy groups -OCH3 is 1. The number of aryl methyl sites for hydroxylation is 2. The Labute approximate surface area is 126 Å². The molecule has 21 heavy (non-hydrogen) atoms. The van der Waals surface area contributed by atoms with Crippen LogP contribution in [0.2, 0.25) is 0 Å². The molecule has 0 radical (unpaired) electrons. The minimum atomic E-state index is 0.659. The van der Waals surface area contributed by atoms with E-state index in [1.165, 1.54) is 11.1 Å². The Balaban J connectivity index is 2.25. The fourth-order valence-corrected chi connectivity index (χ4v) is 2.28. The topological polar surface area (TPSA) is 44.5 Å². The molecule has 0 fully saturated rings. The average molecular weight is 285 g/mol. The average Bonchev–Trinajstić information content (AvgIpc) is 2.50. The molecule has 0 atom stereocenters. The van der Waals surface area contributed by atoms with Gasteiger partial charge in [-0.15, -0.1) is 0 Å². The number of hydrogen-bond acceptors (Lipinski definition) is 3. The lowest BCUT2D eigenvalue weighted by Crippen LogP contribution is -2.03. The van der Waals surface area contributed by atoms with E-state index in [4.69, 9.17) is 15.2 Å². The van der Waals surface area contributed by atoms with Crippen molar-refractivity contribution in [2.24, 2.45) is 5.73 Å². The second kappa shape index (κ2) is 7.14. The first-order valence-corrected chi connectivity index (χ1v) is 7.32. The van der Waals surface area contributed by atoms with Gasteiger partial charge in [0.1, 0.15) is 5.75 Å². The van der Waals surface area contributed by atoms with Gasteiger partial charge in [-0.05, 0) is 61.2 Å². The van der Waals surface area contributed by atoms with Crippen LogP contribution in [0, 0.1) is 6.92 Å². The van der Waals surface area contributed by atoms with Gasteiger partial charge in [-0.25, -0.2) is 0 Å². The van der Waals surface area contributed by atoms with E-state index in [0.29, 0.717) is 6.54 Å². The quantitative estimate of drug-likeness (QED) is 0.876. The summed E-state index contributed by atoms with van der Waals surface area (Å²) in [5.74, 6) is 2.35. The lowest BCUT2D eigenvalue weighted by atomic mass is 10.1. The predicted octanol–water partition coefficient (Wildman–Crippen LogP) is 3.86. The summed E-state index contributed by atoms with van der Waals surface area (Å²) in [5.41, 5.74) is 9.15. The first-order chi connectivity index (χ1) is 10.2. The fourth-order valence-electron chi connectivity index (χ4n) is 2.28. The normalized spacial score (nSPS) is 10.5. The summed E-state index contributed by atoms with van der Waals surface area (Å²) in [4.78, 5) is 0. The van der Waals surface area contributed by atoms with Crippen LogP contribution < -0.4 is 15.2 Å². The van der Waals surface area contributed by atoms with Crippen LogP contribution >= 0.6 is 0 Å². The second-order valence-electron chi connectivity index (χ2n) is 5.08. The minimum absolute atomic E-state index is 0.659. The number of benzene rings is 2. The molecule has 2 N–H and O–H groups in total. The first-order valence-electron chi connectivity index (χ1n) is 7.32. The molecular weight excluding hydrogens is 262 g/mol. The maximum atomic E-state index is 6.01. The molecule has 0 aromatic heterocycles. The highest BCUT2D eigenvalue weighted by Gasteiger charge is 2.08. The molecule has 0 saturated heterocycles. The molecule has 3 heteroatoms. The van der Waals surface area contributed by atoms with Crippen molar-refractivity contribution in [1.82, 2.24) is 0 Å². The van der Waals surface area contributed by atoms with Crippen LogP contribution in [-0.4, -0.2) is 13.7 Å². The van der Waals surface area contributed by atoms with E-state index in [-0.39, 0.29) is 0 Å². The molecule has 0 bridgehead atoms. The fraction of sp³-hybridized carbons (Fsp3) is 0.333. The van der Waals surface area contributed by atoms with Gasteiger partial charge in [0.05, 0.1) is 7.11 Å². The summed E-state index contributed by atoms with van der Waals surface area (Å²) in [7, 11) is 1.67. The minimum Gasteiger partial charge on any atom is -0.493 e. The first kappa shape index (κ1) is 15.4. The summed E-state index contributed by atoms with van der Waals surface area (Å²) in [6.45, 7) is 4.82. The highest BCUT2D eigenvalue weighted by molar-refractivity contribution is 5.47. The molecule has 0 spiro atoms. The van der Waals surface area contributed by atoms with Crippen molar-refractivity contribution in [2.75, 3.05) is 13.7 Å². The van der Waals surface area contributed by atoms with Crippen molar-refractivity contribution < 1.29 is 9.47 Å². The van der Waals surface area contributed by atoms with Gasteiger partial charge in [-0.3, -0.25) is 0 Å². The number of ether oxygens (including phenoxy) is 2. The highest BCUT2D eigenvalue weighted by atomic mass is 16.5. The molecule has 2 aromatic carbocycles.